The van der Waals surface area contributed by atoms with Crippen molar-refractivity contribution in [2.75, 3.05) is 0 Å². The summed E-state index contributed by atoms with van der Waals surface area (Å²) in [5, 5.41) is 0. The van der Waals surface area contributed by atoms with Gasteiger partial charge in [0.1, 0.15) is 6.10 Å². The van der Waals surface area contributed by atoms with Crippen molar-refractivity contribution in [3.8, 4) is 0 Å². The van der Waals surface area contributed by atoms with E-state index in [1.165, 1.54) is 19.1 Å². The standard InChI is InChI=1S/C13H18O4S/c1-9(2)13(11(4)14)17-18(15,16)12-7-5-10(3)6-8-12/h5-9,13H,1-4H3. The molecule has 0 aromatic heterocycles. The van der Waals surface area contributed by atoms with Crippen LogP contribution in [0.5, 0.6) is 0 Å². The summed E-state index contributed by atoms with van der Waals surface area (Å²) in [6.45, 7) is 6.69. The molecule has 0 saturated heterocycles. The lowest BCUT2D eigenvalue weighted by Crippen LogP contribution is -2.30. The highest BCUT2D eigenvalue weighted by atomic mass is 32.2. The van der Waals surface area contributed by atoms with Crippen LogP contribution in [0.2, 0.25) is 0 Å². The summed E-state index contributed by atoms with van der Waals surface area (Å²) in [5.41, 5.74) is 0.959. The molecule has 1 aromatic carbocycles. The van der Waals surface area contributed by atoms with E-state index >= 15 is 0 Å². The van der Waals surface area contributed by atoms with E-state index in [9.17, 15) is 13.2 Å². The van der Waals surface area contributed by atoms with E-state index < -0.39 is 16.2 Å². The Kier molecular flexibility index (Phi) is 4.65. The average Bonchev–Trinajstić information content (AvgIpc) is 2.26. The second-order valence-corrected chi connectivity index (χ2v) is 6.21. The molecule has 4 nitrogen and oxygen atoms in total. The van der Waals surface area contributed by atoms with Gasteiger partial charge in [-0.25, -0.2) is 0 Å². The van der Waals surface area contributed by atoms with Crippen molar-refractivity contribution in [1.82, 2.24) is 0 Å². The largest absolute Gasteiger partial charge is 0.297 e. The van der Waals surface area contributed by atoms with E-state index in [1.54, 1.807) is 26.0 Å². The minimum atomic E-state index is -3.89. The molecule has 0 aliphatic rings. The Morgan fingerprint density at radius 3 is 2.06 bits per heavy atom. The van der Waals surface area contributed by atoms with Crippen molar-refractivity contribution in [3.63, 3.8) is 0 Å². The Bertz CT molecular complexity index is 514. The molecule has 18 heavy (non-hydrogen) atoms. The number of aryl methyl sites for hydroxylation is 1. The number of ketones is 1. The fourth-order valence-corrected chi connectivity index (χ4v) is 2.76. The fraction of sp³-hybridized carbons (Fsp3) is 0.462. The SMILES string of the molecule is CC(=O)C(OS(=O)(=O)c1ccc(C)cc1)C(C)C. The van der Waals surface area contributed by atoms with E-state index in [-0.39, 0.29) is 16.6 Å². The van der Waals surface area contributed by atoms with Crippen molar-refractivity contribution in [1.29, 1.82) is 0 Å². The van der Waals surface area contributed by atoms with Gasteiger partial charge in [-0.2, -0.15) is 8.42 Å². The van der Waals surface area contributed by atoms with E-state index in [2.05, 4.69) is 0 Å². The third kappa shape index (κ3) is 3.65. The monoisotopic (exact) mass is 270 g/mol. The van der Waals surface area contributed by atoms with Crippen molar-refractivity contribution in [3.05, 3.63) is 29.8 Å². The highest BCUT2D eigenvalue weighted by Gasteiger charge is 2.27. The van der Waals surface area contributed by atoms with Crippen LogP contribution < -0.4 is 0 Å². The maximum atomic E-state index is 12.0. The van der Waals surface area contributed by atoms with E-state index in [0.29, 0.717) is 0 Å². The van der Waals surface area contributed by atoms with Crippen molar-refractivity contribution in [2.45, 2.75) is 38.7 Å². The molecule has 0 radical (unpaired) electrons. The molecule has 0 heterocycles. The van der Waals surface area contributed by atoms with E-state index in [1.807, 2.05) is 6.92 Å². The lowest BCUT2D eigenvalue weighted by molar-refractivity contribution is -0.125. The zero-order chi connectivity index (χ0) is 13.9. The first-order valence-electron chi connectivity index (χ1n) is 5.74. The molecule has 1 rings (SSSR count). The van der Waals surface area contributed by atoms with E-state index in [0.717, 1.165) is 5.56 Å². The molecule has 0 saturated carbocycles. The summed E-state index contributed by atoms with van der Waals surface area (Å²) >= 11 is 0. The lowest BCUT2D eigenvalue weighted by Gasteiger charge is -2.18. The molecular formula is C13H18O4S. The van der Waals surface area contributed by atoms with Gasteiger partial charge in [-0.15, -0.1) is 0 Å². The molecule has 1 unspecified atom stereocenters. The molecule has 0 amide bonds. The van der Waals surface area contributed by atoms with Gasteiger partial charge < -0.3 is 0 Å². The Morgan fingerprint density at radius 1 is 1.17 bits per heavy atom. The third-order valence-electron chi connectivity index (χ3n) is 2.55. The first-order chi connectivity index (χ1) is 8.24. The predicted octanol–water partition coefficient (Wildman–Crippen LogP) is 2.31. The van der Waals surface area contributed by atoms with Gasteiger partial charge in [0.25, 0.3) is 10.1 Å². The number of Topliss-reactive ketones (excluding diaryl/α,β-unsaturated/α-hetero) is 1. The van der Waals surface area contributed by atoms with Crippen LogP contribution >= 0.6 is 0 Å². The summed E-state index contributed by atoms with van der Waals surface area (Å²) in [7, 11) is -3.89. The minimum Gasteiger partial charge on any atom is -0.297 e. The van der Waals surface area contributed by atoms with Gasteiger partial charge in [0.15, 0.2) is 5.78 Å². The Labute approximate surface area is 108 Å². The topological polar surface area (TPSA) is 60.4 Å². The first-order valence-corrected chi connectivity index (χ1v) is 7.15. The Morgan fingerprint density at radius 2 is 1.67 bits per heavy atom. The molecule has 100 valence electrons. The van der Waals surface area contributed by atoms with Crippen LogP contribution in [-0.4, -0.2) is 20.3 Å². The van der Waals surface area contributed by atoms with Gasteiger partial charge in [-0.05, 0) is 31.9 Å². The molecule has 0 aliphatic carbocycles. The highest BCUT2D eigenvalue weighted by molar-refractivity contribution is 7.86. The average molecular weight is 270 g/mol. The predicted molar refractivity (Wildman–Crippen MR) is 68.8 cm³/mol. The zero-order valence-corrected chi connectivity index (χ0v) is 11.8. The molecule has 0 bridgehead atoms. The maximum Gasteiger partial charge on any atom is 0.297 e. The molecule has 0 N–H and O–H groups in total. The summed E-state index contributed by atoms with van der Waals surface area (Å²) in [5.74, 6) is -0.483. The Balaban J connectivity index is 3.01. The zero-order valence-electron chi connectivity index (χ0n) is 11.0. The molecule has 1 aromatic rings. The van der Waals surface area contributed by atoms with Crippen LogP contribution in [0.1, 0.15) is 26.3 Å². The van der Waals surface area contributed by atoms with Crippen LogP contribution in [0.15, 0.2) is 29.2 Å². The molecular weight excluding hydrogens is 252 g/mol. The number of benzene rings is 1. The van der Waals surface area contributed by atoms with Gasteiger partial charge >= 0.3 is 0 Å². The van der Waals surface area contributed by atoms with Gasteiger partial charge in [0.2, 0.25) is 0 Å². The quantitative estimate of drug-likeness (QED) is 0.770. The van der Waals surface area contributed by atoms with Gasteiger partial charge in [0.05, 0.1) is 4.90 Å². The van der Waals surface area contributed by atoms with Crippen LogP contribution in [-0.2, 0) is 19.1 Å². The molecule has 0 aliphatic heterocycles. The third-order valence-corrected chi connectivity index (χ3v) is 3.86. The van der Waals surface area contributed by atoms with Crippen LogP contribution in [0, 0.1) is 12.8 Å². The second-order valence-electron chi connectivity index (χ2n) is 4.64. The normalized spacial score (nSPS) is 13.6. The van der Waals surface area contributed by atoms with E-state index in [4.69, 9.17) is 4.18 Å². The van der Waals surface area contributed by atoms with Crippen LogP contribution in [0.25, 0.3) is 0 Å². The summed E-state index contributed by atoms with van der Waals surface area (Å²) < 4.78 is 29.0. The first kappa shape index (κ1) is 14.9. The second kappa shape index (κ2) is 5.63. The van der Waals surface area contributed by atoms with Crippen LogP contribution in [0.3, 0.4) is 0 Å². The maximum absolute atomic E-state index is 12.0. The number of carbonyl (C=O) groups is 1. The summed E-state index contributed by atoms with van der Waals surface area (Å²) in [6.07, 6.45) is -0.934. The van der Waals surface area contributed by atoms with Crippen molar-refractivity contribution < 1.29 is 17.4 Å². The minimum absolute atomic E-state index is 0.0694. The Hall–Kier alpha value is -1.20. The lowest BCUT2D eigenvalue weighted by atomic mass is 10.1. The summed E-state index contributed by atoms with van der Waals surface area (Å²) in [6, 6.07) is 6.33. The molecule has 5 heteroatoms. The van der Waals surface area contributed by atoms with Gasteiger partial charge in [0, 0.05) is 0 Å². The fourth-order valence-electron chi connectivity index (χ4n) is 1.55. The highest BCUT2D eigenvalue weighted by Crippen LogP contribution is 2.18. The molecule has 0 spiro atoms. The van der Waals surface area contributed by atoms with Crippen molar-refractivity contribution >= 4 is 15.9 Å². The van der Waals surface area contributed by atoms with Gasteiger partial charge in [-0.1, -0.05) is 31.5 Å². The smallest absolute Gasteiger partial charge is 0.297 e. The van der Waals surface area contributed by atoms with Crippen LogP contribution in [0.4, 0.5) is 0 Å². The number of carbonyl (C=O) groups excluding carboxylic acids is 1. The molecule has 1 atom stereocenters. The molecule has 0 fully saturated rings. The van der Waals surface area contributed by atoms with Gasteiger partial charge in [-0.3, -0.25) is 8.98 Å². The van der Waals surface area contributed by atoms with Crippen molar-refractivity contribution in [2.24, 2.45) is 5.92 Å². The number of rotatable bonds is 5. The number of hydrogen-bond donors (Lipinski definition) is 0. The summed E-state index contributed by atoms with van der Waals surface area (Å²) in [4.78, 5) is 11.4. The number of hydrogen-bond acceptors (Lipinski definition) is 4.